The topological polar surface area (TPSA) is 260 Å². The van der Waals surface area contributed by atoms with Gasteiger partial charge in [0.2, 0.25) is 29.4 Å². The number of Topliss-reactive ketones (excluding diaryl/α,β-unsaturated/α-hetero) is 1. The molecule has 0 aliphatic carbocycles. The van der Waals surface area contributed by atoms with E-state index in [0.717, 1.165) is 16.0 Å². The van der Waals surface area contributed by atoms with Gasteiger partial charge in [-0.25, -0.2) is 9.59 Å². The molecule has 5 aromatic rings. The number of phenolic OH excluding ortho intramolecular Hbond substituents is 1. The summed E-state index contributed by atoms with van der Waals surface area (Å²) in [5, 5.41) is 15.9. The molecule has 5 aromatic carbocycles. The van der Waals surface area contributed by atoms with Crippen molar-refractivity contribution in [2.75, 3.05) is 88.3 Å². The van der Waals surface area contributed by atoms with Crippen molar-refractivity contribution in [2.24, 2.45) is 5.41 Å². The van der Waals surface area contributed by atoms with E-state index >= 15 is 0 Å². The Morgan fingerprint density at radius 1 is 0.648 bits per heavy atom. The number of ether oxygens (including phenoxy) is 5. The molecule has 2 aliphatic heterocycles. The third-order valence-electron chi connectivity index (χ3n) is 16.1. The van der Waals surface area contributed by atoms with Crippen LogP contribution in [0.3, 0.4) is 0 Å². The summed E-state index contributed by atoms with van der Waals surface area (Å²) >= 11 is 0. The number of carbonyl (C=O) groups is 9. The number of phenols is 1. The number of ketones is 1. The van der Waals surface area contributed by atoms with E-state index in [0.29, 0.717) is 54.0 Å². The molecule has 0 unspecified atom stereocenters. The number of methoxy groups -OCH3 is 2. The van der Waals surface area contributed by atoms with Gasteiger partial charge in [0, 0.05) is 72.7 Å². The molecule has 22 nitrogen and oxygen atoms in total. The number of cyclic esters (lactones) is 2. The van der Waals surface area contributed by atoms with Gasteiger partial charge in [0.15, 0.2) is 18.1 Å². The average molecular weight is 1250 g/mol. The van der Waals surface area contributed by atoms with Crippen molar-refractivity contribution in [1.82, 2.24) is 35.1 Å². The summed E-state index contributed by atoms with van der Waals surface area (Å²) in [6, 6.07) is 31.3. The van der Waals surface area contributed by atoms with Crippen LogP contribution in [0.15, 0.2) is 140 Å². The smallest absolute Gasteiger partial charge is 0.330 e. The lowest BCUT2D eigenvalue weighted by Crippen LogP contribution is -2.60. The monoisotopic (exact) mass is 1250 g/mol. The second-order valence-corrected chi connectivity index (χ2v) is 23.6. The molecule has 0 aromatic heterocycles. The predicted octanol–water partition coefficient (Wildman–Crippen LogP) is 5.08. The summed E-state index contributed by atoms with van der Waals surface area (Å²) in [6.45, 7) is 1.99. The summed E-state index contributed by atoms with van der Waals surface area (Å²) in [4.78, 5) is 135. The number of carbonyl (C=O) groups excluding carboxylic acids is 9. The molecule has 2 aliphatic rings. The number of benzene rings is 5. The fourth-order valence-electron chi connectivity index (χ4n) is 10.7. The molecule has 2 heterocycles. The van der Waals surface area contributed by atoms with Crippen molar-refractivity contribution in [3.05, 3.63) is 167 Å². The van der Waals surface area contributed by atoms with E-state index in [4.69, 9.17) is 23.7 Å². The number of fused-ring (bicyclic) bond motifs is 3. The highest BCUT2D eigenvalue weighted by molar-refractivity contribution is 6.38. The van der Waals surface area contributed by atoms with Crippen molar-refractivity contribution in [2.45, 2.75) is 89.1 Å². The van der Waals surface area contributed by atoms with Crippen LogP contribution in [-0.2, 0) is 78.3 Å². The number of aromatic hydroxyl groups is 1. The minimum Gasteiger partial charge on any atom is -0.508 e. The number of esters is 2. The number of hydrogen-bond acceptors (Lipinski definition) is 16. The number of nitrogens with one attached hydrogen (secondary N) is 2. The summed E-state index contributed by atoms with van der Waals surface area (Å²) < 4.78 is 29.1. The van der Waals surface area contributed by atoms with Crippen LogP contribution in [0.5, 0.6) is 23.0 Å². The Morgan fingerprint density at radius 3 is 1.93 bits per heavy atom. The third kappa shape index (κ3) is 19.7. The van der Waals surface area contributed by atoms with E-state index in [1.165, 1.54) is 75.1 Å². The first-order chi connectivity index (χ1) is 43.5. The normalized spacial score (nSPS) is 21.6. The molecule has 22 heteroatoms. The molecule has 484 valence electrons. The highest BCUT2D eigenvalue weighted by Crippen LogP contribution is 2.32. The van der Waals surface area contributed by atoms with Gasteiger partial charge in [0.05, 0.1) is 26.2 Å². The van der Waals surface area contributed by atoms with E-state index in [2.05, 4.69) is 10.6 Å². The van der Waals surface area contributed by atoms with Crippen molar-refractivity contribution in [1.29, 1.82) is 0 Å². The zero-order valence-corrected chi connectivity index (χ0v) is 53.0. The van der Waals surface area contributed by atoms with Crippen LogP contribution in [-0.4, -0.2) is 195 Å². The lowest BCUT2D eigenvalue weighted by atomic mass is 9.87. The Bertz CT molecular complexity index is 3380. The highest BCUT2D eigenvalue weighted by Gasteiger charge is 2.44. The van der Waals surface area contributed by atoms with Gasteiger partial charge in [-0.2, -0.15) is 0 Å². The largest absolute Gasteiger partial charge is 0.508 e. The summed E-state index contributed by atoms with van der Waals surface area (Å²) in [5.74, 6) is -5.29. The zero-order chi connectivity index (χ0) is 65.8. The molecule has 7 rings (SSSR count). The number of rotatable bonds is 11. The van der Waals surface area contributed by atoms with Crippen LogP contribution in [0.25, 0.3) is 0 Å². The minimum atomic E-state index is -1.52. The molecule has 6 amide bonds. The van der Waals surface area contributed by atoms with Gasteiger partial charge in [-0.05, 0) is 111 Å². The first kappa shape index (κ1) is 68.9. The van der Waals surface area contributed by atoms with Gasteiger partial charge < -0.3 is 63.9 Å². The molecular weight excluding hydrogens is 1170 g/mol. The molecule has 1 saturated heterocycles. The fourth-order valence-corrected chi connectivity index (χ4v) is 10.7. The molecule has 1 fully saturated rings. The maximum absolute atomic E-state index is 14.9. The van der Waals surface area contributed by atoms with Gasteiger partial charge in [0.25, 0.3) is 11.8 Å². The van der Waals surface area contributed by atoms with Gasteiger partial charge >= 0.3 is 11.9 Å². The number of amides is 6. The third-order valence-corrected chi connectivity index (χ3v) is 16.1. The van der Waals surface area contributed by atoms with Crippen LogP contribution < -0.4 is 24.8 Å². The second kappa shape index (κ2) is 32.8. The molecule has 3 N–H and O–H groups in total. The Morgan fingerprint density at radius 2 is 1.27 bits per heavy atom. The molecule has 91 heavy (non-hydrogen) atoms. The minimum absolute atomic E-state index is 0.00581. The van der Waals surface area contributed by atoms with Crippen molar-refractivity contribution in [3.8, 4) is 23.0 Å². The van der Waals surface area contributed by atoms with Crippen LogP contribution in [0.1, 0.15) is 67.0 Å². The quantitative estimate of drug-likeness (QED) is 0.115. The van der Waals surface area contributed by atoms with Crippen molar-refractivity contribution >= 4 is 53.2 Å². The lowest BCUT2D eigenvalue weighted by Gasteiger charge is -2.39. The molecule has 2 bridgehead atoms. The van der Waals surface area contributed by atoms with Gasteiger partial charge in [-0.3, -0.25) is 33.6 Å². The Hall–Kier alpha value is -9.57. The summed E-state index contributed by atoms with van der Waals surface area (Å²) in [6.07, 6.45) is 3.10. The predicted molar refractivity (Wildman–Crippen MR) is 338 cm³/mol. The van der Waals surface area contributed by atoms with Gasteiger partial charge in [0.1, 0.15) is 48.4 Å². The number of likely N-dealkylation sites (N-methyl/N-ethyl adjacent to an activating group) is 4. The molecule has 0 saturated carbocycles. The van der Waals surface area contributed by atoms with E-state index in [-0.39, 0.29) is 56.8 Å². The zero-order valence-electron chi connectivity index (χ0n) is 53.0. The van der Waals surface area contributed by atoms with E-state index in [9.17, 15) is 48.3 Å². The SMILES string of the molecule is COc1ccc(CC[C@H]2OC(=O)[C@@H]3CN(C)CCN3C(=O)C(=O)C(C)(C)COC(=O)/C=C/CCCN(C)C(=O)[C@@H](Cc3ccccc3)NC(=O)CN(C)C(=O)[C@@H](Cc3ccccc3)NC(=O)[C@H](Cc3ccc(O)cc3)N(C)C(=O)COc3cccc2c3)cc1OC. The Kier molecular flexibility index (Phi) is 24.8. The van der Waals surface area contributed by atoms with Crippen LogP contribution in [0.4, 0.5) is 0 Å². The van der Waals surface area contributed by atoms with E-state index in [1.807, 2.05) is 41.3 Å². The number of hydrogen-bond donors (Lipinski definition) is 3. The number of nitrogens with zero attached hydrogens (tertiary/aromatic N) is 5. The fraction of sp³-hybridized carbons (Fsp3) is 0.406. The van der Waals surface area contributed by atoms with E-state index < -0.39 is 109 Å². The molecule has 0 spiro atoms. The Labute approximate surface area is 531 Å². The first-order valence-electron chi connectivity index (χ1n) is 30.3. The van der Waals surface area contributed by atoms with E-state index in [1.54, 1.807) is 99.0 Å². The highest BCUT2D eigenvalue weighted by atomic mass is 16.5. The standard InChI is InChI=1S/C69H83N7O15/c1-69(2)45-90-62(80)25-16-11-17-34-73(4)65(83)53(37-46-19-12-9-13-20-46)70-60(78)43-74(5)66(84)54(38-47-21-14-10-15-22-47)71-64(82)55(39-48-26-30-51(77)31-27-48)75(6)61(79)44-89-52-24-18-23-50(41-52)57(32-28-49-29-33-58(87-7)59(40-49)88-8)91-68(86)56-42-72(3)35-36-76(56)67(85)63(69)81/h9-10,12-16,18-27,29-31,33,40-41,53-57,77H,11,17,28,32,34-39,42-45H2,1-8H3,(H,70,78)(H,71,82)/b25-16+/t53-,54-,55+,56+,57-/m1/s1. The molecular formula is C69H83N7O15. The number of aryl methyl sites for hydroxylation is 1. The van der Waals surface area contributed by atoms with Crippen LogP contribution in [0.2, 0.25) is 0 Å². The summed E-state index contributed by atoms with van der Waals surface area (Å²) in [7, 11) is 9.25. The maximum atomic E-state index is 14.9. The first-order valence-corrected chi connectivity index (χ1v) is 30.3. The van der Waals surface area contributed by atoms with Crippen LogP contribution >= 0.6 is 0 Å². The average Bonchev–Trinajstić information content (AvgIpc) is 1.83. The van der Waals surface area contributed by atoms with Gasteiger partial charge in [-0.15, -0.1) is 0 Å². The number of piperazine rings is 1. The van der Waals surface area contributed by atoms with Crippen molar-refractivity contribution < 1.29 is 71.9 Å². The summed E-state index contributed by atoms with van der Waals surface area (Å²) in [5.41, 5.74) is 1.77. The Balaban J connectivity index is 1.22. The van der Waals surface area contributed by atoms with Gasteiger partial charge in [-0.1, -0.05) is 97.1 Å². The molecule has 5 atom stereocenters. The second-order valence-electron chi connectivity index (χ2n) is 23.6. The number of allylic oxidation sites excluding steroid dienone is 1. The lowest BCUT2D eigenvalue weighted by molar-refractivity contribution is -0.166. The van der Waals surface area contributed by atoms with Crippen molar-refractivity contribution in [3.63, 3.8) is 0 Å². The van der Waals surface area contributed by atoms with Crippen LogP contribution in [0, 0.1) is 5.41 Å². The maximum Gasteiger partial charge on any atom is 0.330 e. The molecule has 0 radical (unpaired) electrons.